The number of ether oxygens (including phenoxy) is 3. The molecule has 1 saturated heterocycles. The van der Waals surface area contributed by atoms with Crippen LogP contribution in [0, 0.1) is 5.82 Å². The number of halogens is 1. The Kier molecular flexibility index (Phi) is 10.8. The molecule has 0 spiro atoms. The molecule has 1 aliphatic heterocycles. The summed E-state index contributed by atoms with van der Waals surface area (Å²) in [7, 11) is 0. The first-order valence-corrected chi connectivity index (χ1v) is 15.8. The van der Waals surface area contributed by atoms with Gasteiger partial charge in [0.15, 0.2) is 0 Å². The van der Waals surface area contributed by atoms with E-state index in [1.165, 1.54) is 6.42 Å². The maximum Gasteiger partial charge on any atom is 0.408 e. The number of hydrogen-bond acceptors (Lipinski definition) is 6. The smallest absolute Gasteiger partial charge is 0.408 e. The van der Waals surface area contributed by atoms with Crippen LogP contribution in [0.5, 0.6) is 5.75 Å². The predicted octanol–water partition coefficient (Wildman–Crippen LogP) is 8.53. The van der Waals surface area contributed by atoms with E-state index >= 15 is 4.39 Å². The van der Waals surface area contributed by atoms with E-state index in [-0.39, 0.29) is 19.0 Å². The third-order valence-electron chi connectivity index (χ3n) is 7.36. The molecule has 0 aliphatic carbocycles. The molecule has 1 atom stereocenters. The van der Waals surface area contributed by atoms with Crippen LogP contribution in [0.4, 0.5) is 14.9 Å². The Balaban J connectivity index is 1.62. The Bertz CT molecular complexity index is 1480. The molecule has 242 valence electrons. The van der Waals surface area contributed by atoms with Crippen LogP contribution in [-0.4, -0.2) is 36.4 Å². The average Bonchev–Trinajstić information content (AvgIpc) is 2.95. The normalized spacial score (nSPS) is 14.4. The maximum atomic E-state index is 16.2. The summed E-state index contributed by atoms with van der Waals surface area (Å²) in [6.45, 7) is 14.7. The molecule has 8 heteroatoms. The summed E-state index contributed by atoms with van der Waals surface area (Å²) in [6.07, 6.45) is 2.90. The van der Waals surface area contributed by atoms with Crippen LogP contribution in [0.25, 0.3) is 11.1 Å². The Labute approximate surface area is 267 Å². The number of amides is 1. The molecule has 0 saturated carbocycles. The van der Waals surface area contributed by atoms with Gasteiger partial charge in [0.1, 0.15) is 29.4 Å². The van der Waals surface area contributed by atoms with E-state index in [0.717, 1.165) is 48.3 Å². The summed E-state index contributed by atoms with van der Waals surface area (Å²) in [5, 5.41) is 2.75. The predicted molar refractivity (Wildman–Crippen MR) is 176 cm³/mol. The van der Waals surface area contributed by atoms with Gasteiger partial charge in [0.25, 0.3) is 0 Å². The SMILES string of the molecule is CC(NC(=O)OC(C)(C)C)c1cccc(-c2cc(COc3ccccc3CC(=O)OC(C)(C)C)cc(N3CCCCC3)c2)c1F. The van der Waals surface area contributed by atoms with Crippen molar-refractivity contribution in [2.45, 2.75) is 98.0 Å². The molecule has 3 aromatic rings. The molecule has 0 radical (unpaired) electrons. The first-order valence-electron chi connectivity index (χ1n) is 15.8. The molecule has 1 unspecified atom stereocenters. The zero-order valence-corrected chi connectivity index (χ0v) is 27.7. The molecule has 0 bridgehead atoms. The van der Waals surface area contributed by atoms with E-state index in [0.29, 0.717) is 16.9 Å². The molecule has 1 N–H and O–H groups in total. The number of nitrogens with one attached hydrogen (secondary N) is 1. The summed E-state index contributed by atoms with van der Waals surface area (Å²) >= 11 is 0. The van der Waals surface area contributed by atoms with Crippen molar-refractivity contribution in [2.24, 2.45) is 0 Å². The largest absolute Gasteiger partial charge is 0.489 e. The average molecular weight is 619 g/mol. The summed E-state index contributed by atoms with van der Waals surface area (Å²) in [6, 6.07) is 18.2. The van der Waals surface area contributed by atoms with Crippen LogP contribution < -0.4 is 15.0 Å². The molecule has 1 aliphatic rings. The highest BCUT2D eigenvalue weighted by Crippen LogP contribution is 2.33. The topological polar surface area (TPSA) is 77.1 Å². The standard InChI is InChI=1S/C37H47FN2O5/c1-25(39-35(42)45-37(5,6)7)30-15-13-16-31(34(30)38)28-20-26(21-29(22-28)40-18-11-8-12-19-40)24-43-32-17-10-9-14-27(32)23-33(41)44-36(2,3)4/h9-10,13-17,20-22,25H,8,11-12,18-19,23-24H2,1-7H3,(H,39,42). The van der Waals surface area contributed by atoms with E-state index in [4.69, 9.17) is 14.2 Å². The molecule has 45 heavy (non-hydrogen) atoms. The van der Waals surface area contributed by atoms with Gasteiger partial charge in [-0.2, -0.15) is 0 Å². The van der Waals surface area contributed by atoms with Crippen LogP contribution in [-0.2, 0) is 27.3 Å². The number of rotatable bonds is 9. The number of benzene rings is 3. The molecule has 1 fully saturated rings. The van der Waals surface area contributed by atoms with Gasteiger partial charge in [0, 0.05) is 35.5 Å². The minimum absolute atomic E-state index is 0.0973. The molecule has 1 heterocycles. The van der Waals surface area contributed by atoms with Gasteiger partial charge < -0.3 is 24.4 Å². The van der Waals surface area contributed by atoms with Crippen molar-refractivity contribution in [3.8, 4) is 16.9 Å². The highest BCUT2D eigenvalue weighted by atomic mass is 19.1. The van der Waals surface area contributed by atoms with Gasteiger partial charge in [-0.1, -0.05) is 36.4 Å². The summed E-state index contributed by atoms with van der Waals surface area (Å²) < 4.78 is 33.3. The van der Waals surface area contributed by atoms with Gasteiger partial charge >= 0.3 is 12.1 Å². The van der Waals surface area contributed by atoms with Gasteiger partial charge in [-0.05, 0) is 103 Å². The van der Waals surface area contributed by atoms with E-state index in [1.54, 1.807) is 45.9 Å². The number of nitrogens with zero attached hydrogens (tertiary/aromatic N) is 1. The number of esters is 1. The van der Waals surface area contributed by atoms with Gasteiger partial charge in [0.2, 0.25) is 0 Å². The minimum Gasteiger partial charge on any atom is -0.489 e. The van der Waals surface area contributed by atoms with Crippen molar-refractivity contribution in [1.82, 2.24) is 5.32 Å². The molecule has 4 rings (SSSR count). The minimum atomic E-state index is -0.659. The van der Waals surface area contributed by atoms with Crippen molar-refractivity contribution in [3.63, 3.8) is 0 Å². The van der Waals surface area contributed by atoms with Crippen molar-refractivity contribution >= 4 is 17.7 Å². The van der Waals surface area contributed by atoms with Gasteiger partial charge in [-0.25, -0.2) is 9.18 Å². The first-order chi connectivity index (χ1) is 21.2. The number of para-hydroxylation sites is 1. The lowest BCUT2D eigenvalue weighted by atomic mass is 9.96. The quantitative estimate of drug-likeness (QED) is 0.242. The number of carbonyl (C=O) groups is 2. The molecule has 0 aromatic heterocycles. The fourth-order valence-corrected chi connectivity index (χ4v) is 5.40. The second-order valence-electron chi connectivity index (χ2n) is 13.7. The highest BCUT2D eigenvalue weighted by Gasteiger charge is 2.23. The van der Waals surface area contributed by atoms with Crippen molar-refractivity contribution in [2.75, 3.05) is 18.0 Å². The Morgan fingerprint density at radius 3 is 2.27 bits per heavy atom. The fourth-order valence-electron chi connectivity index (χ4n) is 5.40. The molecule has 3 aromatic carbocycles. The Morgan fingerprint density at radius 2 is 1.58 bits per heavy atom. The summed E-state index contributed by atoms with van der Waals surface area (Å²) in [5.41, 5.74) is 2.93. The molecule has 1 amide bonds. The Hall–Kier alpha value is -4.07. The van der Waals surface area contributed by atoms with Crippen LogP contribution in [0.1, 0.15) is 90.5 Å². The molecule has 7 nitrogen and oxygen atoms in total. The Morgan fingerprint density at radius 1 is 0.889 bits per heavy atom. The second kappa shape index (κ2) is 14.4. The third kappa shape index (κ3) is 9.96. The van der Waals surface area contributed by atoms with Crippen LogP contribution >= 0.6 is 0 Å². The first kappa shape index (κ1) is 33.8. The zero-order valence-electron chi connectivity index (χ0n) is 27.7. The lowest BCUT2D eigenvalue weighted by molar-refractivity contribution is -0.153. The van der Waals surface area contributed by atoms with Crippen LogP contribution in [0.15, 0.2) is 60.7 Å². The second-order valence-corrected chi connectivity index (χ2v) is 13.7. The fraction of sp³-hybridized carbons (Fsp3) is 0.459. The zero-order chi connectivity index (χ0) is 32.8. The number of piperidine rings is 1. The number of hydrogen-bond donors (Lipinski definition) is 1. The van der Waals surface area contributed by atoms with Crippen LogP contribution in [0.2, 0.25) is 0 Å². The van der Waals surface area contributed by atoms with E-state index in [2.05, 4.69) is 16.3 Å². The van der Waals surface area contributed by atoms with Crippen molar-refractivity contribution in [1.29, 1.82) is 0 Å². The van der Waals surface area contributed by atoms with Crippen molar-refractivity contribution < 1.29 is 28.2 Å². The lowest BCUT2D eigenvalue weighted by Crippen LogP contribution is -2.34. The van der Waals surface area contributed by atoms with Crippen LogP contribution in [0.3, 0.4) is 0 Å². The van der Waals surface area contributed by atoms with Crippen molar-refractivity contribution in [3.05, 3.63) is 83.2 Å². The third-order valence-corrected chi connectivity index (χ3v) is 7.36. The molecular formula is C37H47FN2O5. The maximum absolute atomic E-state index is 16.2. The van der Waals surface area contributed by atoms with E-state index < -0.39 is 29.2 Å². The number of anilines is 1. The van der Waals surface area contributed by atoms with E-state index in [9.17, 15) is 9.59 Å². The number of carbonyl (C=O) groups excluding carboxylic acids is 2. The monoisotopic (exact) mass is 618 g/mol. The van der Waals surface area contributed by atoms with Gasteiger partial charge in [0.05, 0.1) is 12.5 Å². The van der Waals surface area contributed by atoms with Gasteiger partial charge in [-0.3, -0.25) is 4.79 Å². The summed E-state index contributed by atoms with van der Waals surface area (Å²) in [4.78, 5) is 27.3. The lowest BCUT2D eigenvalue weighted by Gasteiger charge is -2.30. The molecular weight excluding hydrogens is 571 g/mol. The van der Waals surface area contributed by atoms with E-state index in [1.807, 2.05) is 57.2 Å². The summed E-state index contributed by atoms with van der Waals surface area (Å²) in [5.74, 6) is -0.117. The highest BCUT2D eigenvalue weighted by molar-refractivity contribution is 5.74. The number of alkyl carbamates (subject to hydrolysis) is 1. The van der Waals surface area contributed by atoms with Gasteiger partial charge in [-0.15, -0.1) is 0 Å².